The van der Waals surface area contributed by atoms with Crippen molar-refractivity contribution in [1.29, 1.82) is 0 Å². The van der Waals surface area contributed by atoms with Crippen molar-refractivity contribution in [3.63, 3.8) is 0 Å². The molecule has 1 fully saturated rings. The van der Waals surface area contributed by atoms with Crippen molar-refractivity contribution in [1.82, 2.24) is 14.4 Å². The predicted molar refractivity (Wildman–Crippen MR) is 125 cm³/mol. The Hall–Kier alpha value is -2.90. The third-order valence-electron chi connectivity index (χ3n) is 7.32. The number of hydrogen-bond acceptors (Lipinski definition) is 4. The molecular weight excluding hydrogens is 421 g/mol. The first-order chi connectivity index (χ1) is 15.9. The zero-order valence-electron chi connectivity index (χ0n) is 19.3. The van der Waals surface area contributed by atoms with Crippen molar-refractivity contribution in [3.05, 3.63) is 65.1 Å². The Morgan fingerprint density at radius 2 is 1.91 bits per heavy atom. The van der Waals surface area contributed by atoms with Crippen molar-refractivity contribution < 1.29 is 19.0 Å². The molecule has 5 rings (SSSR count). The van der Waals surface area contributed by atoms with Crippen LogP contribution in [0.5, 0.6) is 5.75 Å². The van der Waals surface area contributed by atoms with Crippen LogP contribution in [-0.2, 0) is 23.8 Å². The van der Waals surface area contributed by atoms with Crippen LogP contribution in [0.15, 0.2) is 42.5 Å². The third-order valence-corrected chi connectivity index (χ3v) is 7.32. The number of ether oxygens (including phenoxy) is 1. The summed E-state index contributed by atoms with van der Waals surface area (Å²) in [6.07, 6.45) is 0.402. The first-order valence-corrected chi connectivity index (χ1v) is 11.4. The lowest BCUT2D eigenvalue weighted by Gasteiger charge is -2.56. The first kappa shape index (κ1) is 21.9. The summed E-state index contributed by atoms with van der Waals surface area (Å²) in [6, 6.07) is 12.4. The summed E-state index contributed by atoms with van der Waals surface area (Å²) in [6.45, 7) is 4.68. The molecule has 3 aromatic rings. The van der Waals surface area contributed by atoms with Crippen LogP contribution in [0.3, 0.4) is 0 Å². The van der Waals surface area contributed by atoms with E-state index in [1.807, 2.05) is 43.1 Å². The summed E-state index contributed by atoms with van der Waals surface area (Å²) in [5.41, 5.74) is 4.15. The second kappa shape index (κ2) is 8.15. The molecule has 0 radical (unpaired) electrons. The largest absolute Gasteiger partial charge is 0.497 e. The number of halogens is 1. The summed E-state index contributed by atoms with van der Waals surface area (Å²) in [5.74, 6) is 0.604. The van der Waals surface area contributed by atoms with E-state index in [0.29, 0.717) is 13.0 Å². The minimum Gasteiger partial charge on any atom is -0.497 e. The van der Waals surface area contributed by atoms with Crippen LogP contribution >= 0.6 is 0 Å². The standard InChI is InChI=1S/C26H30FN3O3/c1-4-23(32)30-16-26(14-29(15-26)12-17-5-7-18(27)8-6-17)24-20-10-9-19(33-3)11-21(20)28(2)25(24)22(30)13-31/h5-11,22,31H,4,12-16H2,1-3H3/t22-/m1/s1. The lowest BCUT2D eigenvalue weighted by molar-refractivity contribution is -0.138. The molecule has 1 N–H and O–H groups in total. The minimum absolute atomic E-state index is 0.0545. The van der Waals surface area contributed by atoms with Crippen LogP contribution in [0.1, 0.15) is 36.2 Å². The van der Waals surface area contributed by atoms with Crippen LogP contribution < -0.4 is 4.74 Å². The van der Waals surface area contributed by atoms with E-state index in [1.165, 1.54) is 17.7 Å². The molecule has 2 aromatic carbocycles. The molecule has 1 spiro atoms. The second-order valence-electron chi connectivity index (χ2n) is 9.33. The molecule has 3 heterocycles. The molecule has 2 aliphatic rings. The van der Waals surface area contributed by atoms with Crippen molar-refractivity contribution in [2.75, 3.05) is 33.4 Å². The number of aliphatic hydroxyl groups is 1. The number of fused-ring (bicyclic) bond motifs is 4. The van der Waals surface area contributed by atoms with Gasteiger partial charge in [0.25, 0.3) is 0 Å². The van der Waals surface area contributed by atoms with E-state index >= 15 is 0 Å². The maximum atomic E-state index is 13.3. The maximum absolute atomic E-state index is 13.3. The fourth-order valence-corrected chi connectivity index (χ4v) is 5.85. The molecule has 2 aliphatic heterocycles. The van der Waals surface area contributed by atoms with Gasteiger partial charge in [0, 0.05) is 62.2 Å². The van der Waals surface area contributed by atoms with E-state index in [0.717, 1.165) is 47.5 Å². The summed E-state index contributed by atoms with van der Waals surface area (Å²) < 4.78 is 20.9. The molecule has 1 saturated heterocycles. The van der Waals surface area contributed by atoms with E-state index in [9.17, 15) is 14.3 Å². The fraction of sp³-hybridized carbons (Fsp3) is 0.423. The van der Waals surface area contributed by atoms with Gasteiger partial charge in [-0.1, -0.05) is 19.1 Å². The van der Waals surface area contributed by atoms with Crippen molar-refractivity contribution in [3.8, 4) is 5.75 Å². The molecule has 1 atom stereocenters. The van der Waals surface area contributed by atoms with Gasteiger partial charge in [0.2, 0.25) is 5.91 Å². The normalized spacial score (nSPS) is 19.5. The van der Waals surface area contributed by atoms with Gasteiger partial charge in [-0.3, -0.25) is 9.69 Å². The summed E-state index contributed by atoms with van der Waals surface area (Å²) in [4.78, 5) is 17.2. The molecule has 7 heteroatoms. The highest BCUT2D eigenvalue weighted by Gasteiger charge is 2.53. The van der Waals surface area contributed by atoms with E-state index < -0.39 is 0 Å². The van der Waals surface area contributed by atoms with E-state index in [1.54, 1.807) is 7.11 Å². The molecule has 33 heavy (non-hydrogen) atoms. The molecule has 0 unspecified atom stereocenters. The number of carbonyl (C=O) groups is 1. The van der Waals surface area contributed by atoms with Crippen LogP contribution in [0.25, 0.3) is 10.9 Å². The number of amides is 1. The zero-order valence-corrected chi connectivity index (χ0v) is 19.3. The van der Waals surface area contributed by atoms with Gasteiger partial charge in [-0.2, -0.15) is 0 Å². The van der Waals surface area contributed by atoms with Crippen LogP contribution in [-0.4, -0.2) is 58.7 Å². The average Bonchev–Trinajstić information content (AvgIpc) is 3.11. The molecule has 6 nitrogen and oxygen atoms in total. The number of rotatable bonds is 5. The highest BCUT2D eigenvalue weighted by Crippen LogP contribution is 2.50. The number of nitrogens with zero attached hydrogens (tertiary/aromatic N) is 3. The Balaban J connectivity index is 1.58. The molecule has 1 aromatic heterocycles. The highest BCUT2D eigenvalue weighted by atomic mass is 19.1. The molecular formula is C26H30FN3O3. The quantitative estimate of drug-likeness (QED) is 0.646. The third kappa shape index (κ3) is 3.42. The van der Waals surface area contributed by atoms with Gasteiger partial charge >= 0.3 is 0 Å². The van der Waals surface area contributed by atoms with Gasteiger partial charge in [-0.05, 0) is 35.4 Å². The highest BCUT2D eigenvalue weighted by molar-refractivity contribution is 5.90. The number of hydrogen-bond donors (Lipinski definition) is 1. The Morgan fingerprint density at radius 3 is 2.55 bits per heavy atom. The van der Waals surface area contributed by atoms with Gasteiger partial charge in [-0.25, -0.2) is 4.39 Å². The number of likely N-dealkylation sites (tertiary alicyclic amines) is 1. The Kier molecular flexibility index (Phi) is 5.41. The van der Waals surface area contributed by atoms with Crippen molar-refractivity contribution >= 4 is 16.8 Å². The monoisotopic (exact) mass is 451 g/mol. The minimum atomic E-state index is -0.368. The number of aryl methyl sites for hydroxylation is 1. The van der Waals surface area contributed by atoms with Gasteiger partial charge < -0.3 is 19.3 Å². The number of aliphatic hydroxyl groups excluding tert-OH is 1. The van der Waals surface area contributed by atoms with Crippen molar-refractivity contribution in [2.45, 2.75) is 31.3 Å². The van der Waals surface area contributed by atoms with Crippen LogP contribution in [0.4, 0.5) is 4.39 Å². The lowest BCUT2D eigenvalue weighted by Crippen LogP contribution is -2.66. The van der Waals surface area contributed by atoms with E-state index in [2.05, 4.69) is 15.5 Å². The molecule has 1 amide bonds. The Labute approximate surface area is 193 Å². The second-order valence-corrected chi connectivity index (χ2v) is 9.33. The van der Waals surface area contributed by atoms with Crippen LogP contribution in [0, 0.1) is 5.82 Å². The predicted octanol–water partition coefficient (Wildman–Crippen LogP) is 3.37. The van der Waals surface area contributed by atoms with Gasteiger partial charge in [0.15, 0.2) is 0 Å². The molecule has 174 valence electrons. The van der Waals surface area contributed by atoms with Crippen LogP contribution in [0.2, 0.25) is 0 Å². The SMILES string of the molecule is CCC(=O)N1CC2(CN(Cc3ccc(F)cc3)C2)c2c(n(C)c3cc(OC)ccc23)[C@H]1CO. The number of aromatic nitrogens is 1. The van der Waals surface area contributed by atoms with Gasteiger partial charge in [0.1, 0.15) is 11.6 Å². The number of carbonyl (C=O) groups excluding carboxylic acids is 1. The zero-order chi connectivity index (χ0) is 23.3. The summed E-state index contributed by atoms with van der Waals surface area (Å²) >= 11 is 0. The average molecular weight is 452 g/mol. The fourth-order valence-electron chi connectivity index (χ4n) is 5.85. The van der Waals surface area contributed by atoms with Crippen molar-refractivity contribution in [2.24, 2.45) is 7.05 Å². The van der Waals surface area contributed by atoms with Gasteiger partial charge in [0.05, 0.1) is 25.3 Å². The molecule has 0 bridgehead atoms. The Bertz CT molecular complexity index is 1200. The number of methoxy groups -OCH3 is 1. The van der Waals surface area contributed by atoms with Gasteiger partial charge in [-0.15, -0.1) is 0 Å². The first-order valence-electron chi connectivity index (χ1n) is 11.4. The smallest absolute Gasteiger partial charge is 0.222 e. The summed E-state index contributed by atoms with van der Waals surface area (Å²) in [7, 11) is 3.66. The van der Waals surface area contributed by atoms with E-state index in [-0.39, 0.29) is 29.8 Å². The number of benzene rings is 2. The lowest BCUT2D eigenvalue weighted by atomic mass is 9.68. The Morgan fingerprint density at radius 1 is 1.18 bits per heavy atom. The maximum Gasteiger partial charge on any atom is 0.222 e. The summed E-state index contributed by atoms with van der Waals surface area (Å²) in [5, 5.41) is 11.5. The molecule has 0 aliphatic carbocycles. The van der Waals surface area contributed by atoms with E-state index in [4.69, 9.17) is 4.74 Å². The topological polar surface area (TPSA) is 57.9 Å². The molecule has 0 saturated carbocycles.